The highest BCUT2D eigenvalue weighted by atomic mass is 35.5. The minimum atomic E-state index is -0.271. The van der Waals surface area contributed by atoms with Gasteiger partial charge in [0.25, 0.3) is 0 Å². The predicted octanol–water partition coefficient (Wildman–Crippen LogP) is 4.01. The Kier molecular flexibility index (Phi) is 6.22. The van der Waals surface area contributed by atoms with E-state index in [2.05, 4.69) is 15.1 Å². The number of para-hydroxylation sites is 1. The number of rotatable bonds is 4. The van der Waals surface area contributed by atoms with Gasteiger partial charge in [0.15, 0.2) is 0 Å². The molecule has 1 atom stereocenters. The third-order valence-corrected chi connectivity index (χ3v) is 5.42. The molecular weight excluding hydrogens is 383 g/mol. The minimum Gasteiger partial charge on any atom is -0.368 e. The molecule has 1 aliphatic heterocycles. The number of hydrogen-bond donors (Lipinski definition) is 1. The van der Waals surface area contributed by atoms with E-state index in [0.29, 0.717) is 16.3 Å². The third-order valence-electron chi connectivity index (χ3n) is 4.79. The lowest BCUT2D eigenvalue weighted by atomic mass is 10.1. The van der Waals surface area contributed by atoms with E-state index in [0.717, 1.165) is 36.9 Å². The molecule has 0 spiro atoms. The number of nitriles is 1. The van der Waals surface area contributed by atoms with Crippen molar-refractivity contribution in [2.24, 2.45) is 0 Å². The Balaban J connectivity index is 1.58. The Hall–Kier alpha value is -2.26. The van der Waals surface area contributed by atoms with Crippen molar-refractivity contribution in [1.29, 1.82) is 5.26 Å². The maximum Gasteiger partial charge on any atom is 0.241 e. The van der Waals surface area contributed by atoms with Gasteiger partial charge in [0.2, 0.25) is 5.91 Å². The maximum absolute atomic E-state index is 12.6. The van der Waals surface area contributed by atoms with Crippen LogP contribution in [0.4, 0.5) is 11.4 Å². The summed E-state index contributed by atoms with van der Waals surface area (Å²) in [6, 6.07) is 14.4. The SMILES string of the molecule is C[C@@H](C(=O)Nc1ccc(C#N)c(Cl)c1)N1CCN(c2ccccc2Cl)CC1. The fourth-order valence-electron chi connectivity index (χ4n) is 3.15. The van der Waals surface area contributed by atoms with Gasteiger partial charge < -0.3 is 10.2 Å². The van der Waals surface area contributed by atoms with Gasteiger partial charge in [-0.05, 0) is 37.3 Å². The molecule has 1 amide bonds. The molecule has 0 radical (unpaired) electrons. The van der Waals surface area contributed by atoms with Gasteiger partial charge in [0.1, 0.15) is 6.07 Å². The van der Waals surface area contributed by atoms with Gasteiger partial charge >= 0.3 is 0 Å². The van der Waals surface area contributed by atoms with Crippen molar-refractivity contribution in [2.75, 3.05) is 36.4 Å². The van der Waals surface area contributed by atoms with Crippen LogP contribution in [0.3, 0.4) is 0 Å². The van der Waals surface area contributed by atoms with Crippen LogP contribution in [0.1, 0.15) is 12.5 Å². The predicted molar refractivity (Wildman–Crippen MR) is 109 cm³/mol. The molecule has 0 unspecified atom stereocenters. The Morgan fingerprint density at radius 3 is 2.44 bits per heavy atom. The molecule has 1 N–H and O–H groups in total. The van der Waals surface area contributed by atoms with Crippen LogP contribution >= 0.6 is 23.2 Å². The topological polar surface area (TPSA) is 59.4 Å². The maximum atomic E-state index is 12.6. The van der Waals surface area contributed by atoms with Gasteiger partial charge in [0.05, 0.1) is 27.3 Å². The molecule has 0 aliphatic carbocycles. The summed E-state index contributed by atoms with van der Waals surface area (Å²) in [4.78, 5) is 17.0. The van der Waals surface area contributed by atoms with Crippen LogP contribution in [-0.2, 0) is 4.79 Å². The first-order valence-corrected chi connectivity index (χ1v) is 9.49. The molecule has 1 saturated heterocycles. The van der Waals surface area contributed by atoms with Gasteiger partial charge in [-0.2, -0.15) is 5.26 Å². The van der Waals surface area contributed by atoms with Crippen molar-refractivity contribution in [3.8, 4) is 6.07 Å². The zero-order valence-corrected chi connectivity index (χ0v) is 16.5. The van der Waals surface area contributed by atoms with Crippen molar-refractivity contribution in [2.45, 2.75) is 13.0 Å². The fourth-order valence-corrected chi connectivity index (χ4v) is 3.63. The molecule has 5 nitrogen and oxygen atoms in total. The second-order valence-corrected chi connectivity index (χ2v) is 7.26. The second kappa shape index (κ2) is 8.62. The van der Waals surface area contributed by atoms with E-state index in [9.17, 15) is 4.79 Å². The first-order chi connectivity index (χ1) is 13.0. The quantitative estimate of drug-likeness (QED) is 0.838. The van der Waals surface area contributed by atoms with Crippen LogP contribution in [0.15, 0.2) is 42.5 Å². The largest absolute Gasteiger partial charge is 0.368 e. The fraction of sp³-hybridized carbons (Fsp3) is 0.300. The summed E-state index contributed by atoms with van der Waals surface area (Å²) in [5.74, 6) is -0.0954. The average molecular weight is 403 g/mol. The summed E-state index contributed by atoms with van der Waals surface area (Å²) >= 11 is 12.3. The lowest BCUT2D eigenvalue weighted by Crippen LogP contribution is -2.52. The second-order valence-electron chi connectivity index (χ2n) is 6.45. The van der Waals surface area contributed by atoms with E-state index >= 15 is 0 Å². The molecule has 1 heterocycles. The molecular formula is C20H20Cl2N4O. The molecule has 1 fully saturated rings. The Labute approximate surface area is 169 Å². The summed E-state index contributed by atoms with van der Waals surface area (Å²) in [6.45, 7) is 5.06. The highest BCUT2D eigenvalue weighted by molar-refractivity contribution is 6.33. The van der Waals surface area contributed by atoms with Gasteiger partial charge in [-0.3, -0.25) is 9.69 Å². The first kappa shape index (κ1) is 19.5. The number of halogens is 2. The number of amides is 1. The van der Waals surface area contributed by atoms with E-state index in [-0.39, 0.29) is 11.9 Å². The van der Waals surface area contributed by atoms with Crippen molar-refractivity contribution >= 4 is 40.5 Å². The van der Waals surface area contributed by atoms with Crippen LogP contribution in [0.2, 0.25) is 10.0 Å². The van der Waals surface area contributed by atoms with Gasteiger partial charge in [0, 0.05) is 31.9 Å². The number of nitrogens with one attached hydrogen (secondary N) is 1. The van der Waals surface area contributed by atoms with E-state index in [1.165, 1.54) is 0 Å². The standard InChI is InChI=1S/C20H20Cl2N4O/c1-14(20(27)24-16-7-6-15(13-23)18(22)12-16)25-8-10-26(11-9-25)19-5-3-2-4-17(19)21/h2-7,12,14H,8-11H2,1H3,(H,24,27)/t14-/m0/s1. The summed E-state index contributed by atoms with van der Waals surface area (Å²) in [5.41, 5.74) is 2.01. The summed E-state index contributed by atoms with van der Waals surface area (Å²) < 4.78 is 0. The molecule has 0 bridgehead atoms. The Bertz CT molecular complexity index is 873. The van der Waals surface area contributed by atoms with Crippen molar-refractivity contribution in [1.82, 2.24) is 4.90 Å². The van der Waals surface area contributed by atoms with Crippen LogP contribution in [-0.4, -0.2) is 43.0 Å². The van der Waals surface area contributed by atoms with Gasteiger partial charge in [-0.15, -0.1) is 0 Å². The number of piperazine rings is 1. The number of nitrogens with zero attached hydrogens (tertiary/aromatic N) is 3. The van der Waals surface area contributed by atoms with Crippen LogP contribution in [0.5, 0.6) is 0 Å². The zero-order chi connectivity index (χ0) is 19.4. The first-order valence-electron chi connectivity index (χ1n) is 8.73. The number of hydrogen-bond acceptors (Lipinski definition) is 4. The van der Waals surface area contributed by atoms with Crippen LogP contribution < -0.4 is 10.2 Å². The summed E-state index contributed by atoms with van der Waals surface area (Å²) in [6.07, 6.45) is 0. The molecule has 27 heavy (non-hydrogen) atoms. The van der Waals surface area contributed by atoms with Crippen LogP contribution in [0.25, 0.3) is 0 Å². The molecule has 0 saturated carbocycles. The summed E-state index contributed by atoms with van der Waals surface area (Å²) in [7, 11) is 0. The lowest BCUT2D eigenvalue weighted by molar-refractivity contribution is -0.120. The van der Waals surface area contributed by atoms with E-state index in [4.69, 9.17) is 28.5 Å². The van der Waals surface area contributed by atoms with Crippen molar-refractivity contribution in [3.63, 3.8) is 0 Å². The monoisotopic (exact) mass is 402 g/mol. The van der Waals surface area contributed by atoms with E-state index in [1.807, 2.05) is 37.3 Å². The number of benzene rings is 2. The molecule has 140 valence electrons. The lowest BCUT2D eigenvalue weighted by Gasteiger charge is -2.38. The third kappa shape index (κ3) is 4.54. The molecule has 0 aromatic heterocycles. The molecule has 2 aromatic carbocycles. The smallest absolute Gasteiger partial charge is 0.241 e. The minimum absolute atomic E-state index is 0.0954. The molecule has 3 rings (SSSR count). The highest BCUT2D eigenvalue weighted by Gasteiger charge is 2.26. The number of anilines is 2. The van der Waals surface area contributed by atoms with Gasteiger partial charge in [-0.1, -0.05) is 35.3 Å². The average Bonchev–Trinajstić information content (AvgIpc) is 2.68. The normalized spacial score (nSPS) is 15.9. The molecule has 7 heteroatoms. The van der Waals surface area contributed by atoms with Crippen molar-refractivity contribution < 1.29 is 4.79 Å². The summed E-state index contributed by atoms with van der Waals surface area (Å²) in [5, 5.41) is 12.9. The van der Waals surface area contributed by atoms with Crippen LogP contribution in [0, 0.1) is 11.3 Å². The Morgan fingerprint density at radius 1 is 1.11 bits per heavy atom. The molecule has 1 aliphatic rings. The van der Waals surface area contributed by atoms with E-state index < -0.39 is 0 Å². The van der Waals surface area contributed by atoms with Gasteiger partial charge in [-0.25, -0.2) is 0 Å². The Morgan fingerprint density at radius 2 is 1.81 bits per heavy atom. The van der Waals surface area contributed by atoms with E-state index in [1.54, 1.807) is 18.2 Å². The number of carbonyl (C=O) groups excluding carboxylic acids is 1. The molecule has 2 aromatic rings. The van der Waals surface area contributed by atoms with Crippen molar-refractivity contribution in [3.05, 3.63) is 58.1 Å². The zero-order valence-electron chi connectivity index (χ0n) is 15.0. The highest BCUT2D eigenvalue weighted by Crippen LogP contribution is 2.26. The number of carbonyl (C=O) groups is 1.